The molecule has 0 aliphatic carbocycles. The van der Waals surface area contributed by atoms with Gasteiger partial charge in [-0.25, -0.2) is 9.38 Å². The summed E-state index contributed by atoms with van der Waals surface area (Å²) in [5.74, 6) is 0.723. The first kappa shape index (κ1) is 23.8. The van der Waals surface area contributed by atoms with Crippen molar-refractivity contribution in [2.45, 2.75) is 26.3 Å². The van der Waals surface area contributed by atoms with Crippen molar-refractivity contribution >= 4 is 35.8 Å². The molecule has 0 radical (unpaired) electrons. The van der Waals surface area contributed by atoms with Crippen LogP contribution in [-0.2, 0) is 11.3 Å². The van der Waals surface area contributed by atoms with Crippen LogP contribution in [0.4, 0.5) is 4.39 Å². The predicted octanol–water partition coefficient (Wildman–Crippen LogP) is 3.31. The van der Waals surface area contributed by atoms with Gasteiger partial charge in [-0.3, -0.25) is 9.78 Å². The van der Waals surface area contributed by atoms with E-state index in [1.54, 1.807) is 30.5 Å². The number of carbonyl (C=O) groups is 1. The number of hydrogen-bond acceptors (Lipinski definition) is 4. The van der Waals surface area contributed by atoms with Crippen LogP contribution in [0, 0.1) is 5.82 Å². The molecular weight excluding hydrogens is 500 g/mol. The Morgan fingerprint density at radius 1 is 1.27 bits per heavy atom. The molecule has 9 heteroatoms. The highest BCUT2D eigenvalue weighted by Gasteiger charge is 2.17. The Bertz CT molecular complexity index is 845. The molecule has 30 heavy (non-hydrogen) atoms. The number of halogens is 2. The van der Waals surface area contributed by atoms with Gasteiger partial charge in [-0.2, -0.15) is 0 Å². The molecule has 1 saturated heterocycles. The van der Waals surface area contributed by atoms with Gasteiger partial charge in [-0.15, -0.1) is 24.0 Å². The quantitative estimate of drug-likeness (QED) is 0.328. The van der Waals surface area contributed by atoms with Gasteiger partial charge in [-0.1, -0.05) is 6.07 Å². The number of ether oxygens (including phenoxy) is 1. The summed E-state index contributed by atoms with van der Waals surface area (Å²) in [5.41, 5.74) is 0.698. The number of nitrogens with one attached hydrogen (secondary N) is 2. The van der Waals surface area contributed by atoms with Crippen LogP contribution in [0.5, 0.6) is 11.5 Å². The number of guanidine groups is 1. The SMILES string of the molecule is CCNC(=NCc1ccc(Oc2cccnc2)c(F)c1)NCC(=O)N1CCCC1.I. The number of rotatable bonds is 7. The first-order chi connectivity index (χ1) is 14.2. The van der Waals surface area contributed by atoms with Crippen LogP contribution < -0.4 is 15.4 Å². The molecule has 1 aliphatic rings. The Hall–Kier alpha value is -2.43. The average molecular weight is 527 g/mol. The largest absolute Gasteiger partial charge is 0.453 e. The smallest absolute Gasteiger partial charge is 0.241 e. The van der Waals surface area contributed by atoms with Gasteiger partial charge >= 0.3 is 0 Å². The molecular formula is C21H27FIN5O2. The lowest BCUT2D eigenvalue weighted by atomic mass is 10.2. The van der Waals surface area contributed by atoms with Crippen LogP contribution in [-0.4, -0.2) is 47.9 Å². The van der Waals surface area contributed by atoms with E-state index in [4.69, 9.17) is 4.74 Å². The molecule has 3 rings (SSSR count). The van der Waals surface area contributed by atoms with Crippen LogP contribution in [0.1, 0.15) is 25.3 Å². The standard InChI is InChI=1S/C21H26FN5O2.HI/c1-2-24-21(26-15-20(28)27-10-3-4-11-27)25-13-16-7-8-19(18(22)12-16)29-17-6-5-9-23-14-17;/h5-9,12,14H,2-4,10-11,13,15H2,1H3,(H2,24,25,26);1H. The van der Waals surface area contributed by atoms with Crippen LogP contribution in [0.2, 0.25) is 0 Å². The first-order valence-corrected chi connectivity index (χ1v) is 9.82. The van der Waals surface area contributed by atoms with E-state index in [2.05, 4.69) is 20.6 Å². The average Bonchev–Trinajstić information content (AvgIpc) is 3.27. The van der Waals surface area contributed by atoms with E-state index < -0.39 is 5.82 Å². The van der Waals surface area contributed by atoms with Gasteiger partial charge < -0.3 is 20.3 Å². The van der Waals surface area contributed by atoms with Crippen LogP contribution in [0.25, 0.3) is 0 Å². The van der Waals surface area contributed by atoms with E-state index in [0.717, 1.165) is 25.9 Å². The fourth-order valence-corrected chi connectivity index (χ4v) is 3.01. The van der Waals surface area contributed by atoms with Gasteiger partial charge in [0.05, 0.1) is 19.3 Å². The molecule has 162 valence electrons. The zero-order valence-corrected chi connectivity index (χ0v) is 19.3. The Morgan fingerprint density at radius 3 is 2.73 bits per heavy atom. The number of likely N-dealkylation sites (tertiary alicyclic amines) is 1. The summed E-state index contributed by atoms with van der Waals surface area (Å²) in [4.78, 5) is 22.4. The molecule has 0 atom stereocenters. The van der Waals surface area contributed by atoms with E-state index >= 15 is 0 Å². The molecule has 1 amide bonds. The van der Waals surface area contributed by atoms with Gasteiger partial charge in [0.25, 0.3) is 0 Å². The molecule has 0 unspecified atom stereocenters. The van der Waals surface area contributed by atoms with Crippen LogP contribution in [0.3, 0.4) is 0 Å². The highest BCUT2D eigenvalue weighted by atomic mass is 127. The molecule has 7 nitrogen and oxygen atoms in total. The van der Waals surface area contributed by atoms with Crippen molar-refractivity contribution in [1.82, 2.24) is 20.5 Å². The van der Waals surface area contributed by atoms with Crippen molar-refractivity contribution in [3.05, 3.63) is 54.1 Å². The number of nitrogens with zero attached hydrogens (tertiary/aromatic N) is 3. The van der Waals surface area contributed by atoms with Crippen molar-refractivity contribution in [3.63, 3.8) is 0 Å². The maximum Gasteiger partial charge on any atom is 0.241 e. The second-order valence-electron chi connectivity index (χ2n) is 6.69. The van der Waals surface area contributed by atoms with Crippen molar-refractivity contribution in [2.24, 2.45) is 4.99 Å². The van der Waals surface area contributed by atoms with Gasteiger partial charge in [0.2, 0.25) is 5.91 Å². The van der Waals surface area contributed by atoms with Crippen LogP contribution >= 0.6 is 24.0 Å². The number of carbonyl (C=O) groups excluding carboxylic acids is 1. The normalized spacial score (nSPS) is 13.5. The van der Waals surface area contributed by atoms with E-state index in [1.807, 2.05) is 11.8 Å². The summed E-state index contributed by atoms with van der Waals surface area (Å²) in [6.45, 7) is 4.72. The Kier molecular flexibility index (Phi) is 9.78. The third kappa shape index (κ3) is 7.12. The van der Waals surface area contributed by atoms with Crippen molar-refractivity contribution in [2.75, 3.05) is 26.2 Å². The van der Waals surface area contributed by atoms with E-state index in [-0.39, 0.29) is 48.7 Å². The Labute approximate surface area is 193 Å². The van der Waals surface area contributed by atoms with Crippen LogP contribution in [0.15, 0.2) is 47.7 Å². The summed E-state index contributed by atoms with van der Waals surface area (Å²) in [6.07, 6.45) is 5.27. The Balaban J connectivity index is 0.00000320. The number of benzene rings is 1. The number of amides is 1. The number of aliphatic imine (C=N–C) groups is 1. The molecule has 2 heterocycles. The molecule has 1 fully saturated rings. The summed E-state index contributed by atoms with van der Waals surface area (Å²) in [6, 6.07) is 8.17. The zero-order chi connectivity index (χ0) is 20.5. The Morgan fingerprint density at radius 2 is 2.07 bits per heavy atom. The molecule has 0 spiro atoms. The van der Waals surface area contributed by atoms with Gasteiger partial charge in [-0.05, 0) is 49.6 Å². The van der Waals surface area contributed by atoms with Crippen molar-refractivity contribution in [1.29, 1.82) is 0 Å². The molecule has 0 bridgehead atoms. The topological polar surface area (TPSA) is 78.9 Å². The van der Waals surface area contributed by atoms with E-state index in [1.165, 1.54) is 12.3 Å². The van der Waals surface area contributed by atoms with Gasteiger partial charge in [0, 0.05) is 25.8 Å². The highest BCUT2D eigenvalue weighted by Crippen LogP contribution is 2.24. The van der Waals surface area contributed by atoms with Gasteiger partial charge in [0.15, 0.2) is 17.5 Å². The lowest BCUT2D eigenvalue weighted by molar-refractivity contribution is -0.128. The van der Waals surface area contributed by atoms with E-state index in [0.29, 0.717) is 23.8 Å². The summed E-state index contributed by atoms with van der Waals surface area (Å²) >= 11 is 0. The predicted molar refractivity (Wildman–Crippen MR) is 125 cm³/mol. The van der Waals surface area contributed by atoms with Crippen molar-refractivity contribution in [3.8, 4) is 11.5 Å². The minimum Gasteiger partial charge on any atom is -0.453 e. The fourth-order valence-electron chi connectivity index (χ4n) is 3.01. The second-order valence-corrected chi connectivity index (χ2v) is 6.69. The summed E-state index contributed by atoms with van der Waals surface area (Å²) in [5, 5.41) is 6.15. The molecule has 1 aromatic carbocycles. The van der Waals surface area contributed by atoms with Crippen molar-refractivity contribution < 1.29 is 13.9 Å². The zero-order valence-electron chi connectivity index (χ0n) is 16.9. The fraction of sp³-hybridized carbons (Fsp3) is 0.381. The number of pyridine rings is 1. The summed E-state index contributed by atoms with van der Waals surface area (Å²) in [7, 11) is 0. The first-order valence-electron chi connectivity index (χ1n) is 9.82. The number of aromatic nitrogens is 1. The maximum atomic E-state index is 14.4. The minimum absolute atomic E-state index is 0. The monoisotopic (exact) mass is 527 g/mol. The third-order valence-electron chi connectivity index (χ3n) is 4.49. The lowest BCUT2D eigenvalue weighted by Gasteiger charge is -2.17. The lowest BCUT2D eigenvalue weighted by Crippen LogP contribution is -2.44. The minimum atomic E-state index is -0.469. The molecule has 1 aromatic heterocycles. The highest BCUT2D eigenvalue weighted by molar-refractivity contribution is 14.0. The molecule has 0 saturated carbocycles. The molecule has 1 aliphatic heterocycles. The third-order valence-corrected chi connectivity index (χ3v) is 4.49. The summed E-state index contributed by atoms with van der Waals surface area (Å²) < 4.78 is 19.9. The number of hydrogen-bond donors (Lipinski definition) is 2. The van der Waals surface area contributed by atoms with E-state index in [9.17, 15) is 9.18 Å². The second kappa shape index (κ2) is 12.3. The van der Waals surface area contributed by atoms with Gasteiger partial charge in [0.1, 0.15) is 5.75 Å². The molecule has 2 aromatic rings. The molecule has 2 N–H and O–H groups in total. The maximum absolute atomic E-state index is 14.4.